The van der Waals surface area contributed by atoms with Crippen molar-refractivity contribution >= 4 is 17.8 Å². The number of morpholine rings is 1. The molecule has 0 radical (unpaired) electrons. The molecule has 0 aromatic heterocycles. The lowest BCUT2D eigenvalue weighted by Crippen LogP contribution is -2.60. The van der Waals surface area contributed by atoms with E-state index in [9.17, 15) is 19.5 Å². The summed E-state index contributed by atoms with van der Waals surface area (Å²) >= 11 is 0. The molecule has 8 heteroatoms. The quantitative estimate of drug-likeness (QED) is 0.614. The van der Waals surface area contributed by atoms with Crippen molar-refractivity contribution in [2.24, 2.45) is 11.3 Å². The number of carbonyl (C=O) groups excluding carboxylic acids is 2. The third-order valence-electron chi connectivity index (χ3n) is 5.33. The first kappa shape index (κ1) is 25.1. The van der Waals surface area contributed by atoms with Gasteiger partial charge in [-0.15, -0.1) is 0 Å². The average Bonchev–Trinajstić information content (AvgIpc) is 2.61. The number of carboxylic acids is 1. The Morgan fingerprint density at radius 3 is 2.31 bits per heavy atom. The number of likely N-dealkylation sites (N-methyl/N-ethyl adjacent to an activating group) is 2. The SMILES string of the molecule is C/C(=C\[C@H](C(C)C)N(C)C(=O)[C@@H](NC(=O)C1COCCN1C)C(C)(C)C)C(=O)O. The summed E-state index contributed by atoms with van der Waals surface area (Å²) in [5.74, 6) is -1.50. The molecule has 29 heavy (non-hydrogen) atoms. The lowest BCUT2D eigenvalue weighted by Gasteiger charge is -2.39. The number of nitrogens with one attached hydrogen (secondary N) is 1. The highest BCUT2D eigenvalue weighted by Gasteiger charge is 2.39. The summed E-state index contributed by atoms with van der Waals surface area (Å²) in [6.07, 6.45) is 1.59. The second-order valence-electron chi connectivity index (χ2n) is 9.22. The molecule has 0 saturated carbocycles. The van der Waals surface area contributed by atoms with Gasteiger partial charge in [0, 0.05) is 19.2 Å². The zero-order chi connectivity index (χ0) is 22.5. The highest BCUT2D eigenvalue weighted by Crippen LogP contribution is 2.24. The highest BCUT2D eigenvalue weighted by molar-refractivity contribution is 5.91. The fraction of sp³-hybridized carbons (Fsp3) is 0.762. The molecule has 1 heterocycles. The maximum atomic E-state index is 13.4. The fourth-order valence-electron chi connectivity index (χ4n) is 3.28. The van der Waals surface area contributed by atoms with Gasteiger partial charge in [-0.3, -0.25) is 14.5 Å². The fourth-order valence-corrected chi connectivity index (χ4v) is 3.28. The monoisotopic (exact) mass is 411 g/mol. The van der Waals surface area contributed by atoms with Crippen LogP contribution in [0.4, 0.5) is 0 Å². The molecule has 1 aliphatic heterocycles. The molecule has 0 spiro atoms. The van der Waals surface area contributed by atoms with Crippen LogP contribution in [0.15, 0.2) is 11.6 Å². The van der Waals surface area contributed by atoms with Crippen molar-refractivity contribution in [2.45, 2.75) is 59.7 Å². The molecule has 0 aromatic rings. The van der Waals surface area contributed by atoms with Crippen LogP contribution < -0.4 is 5.32 Å². The molecule has 8 nitrogen and oxygen atoms in total. The van der Waals surface area contributed by atoms with E-state index in [0.717, 1.165) is 0 Å². The van der Waals surface area contributed by atoms with Crippen molar-refractivity contribution in [3.63, 3.8) is 0 Å². The third kappa shape index (κ3) is 6.82. The number of nitrogens with zero attached hydrogens (tertiary/aromatic N) is 2. The molecular formula is C21H37N3O5. The minimum atomic E-state index is -1.02. The molecule has 1 aliphatic rings. The third-order valence-corrected chi connectivity index (χ3v) is 5.33. The maximum absolute atomic E-state index is 13.4. The van der Waals surface area contributed by atoms with Gasteiger partial charge in [0.25, 0.3) is 0 Å². The largest absolute Gasteiger partial charge is 0.478 e. The van der Waals surface area contributed by atoms with Gasteiger partial charge in [0.15, 0.2) is 0 Å². The second-order valence-corrected chi connectivity index (χ2v) is 9.22. The Morgan fingerprint density at radius 2 is 1.86 bits per heavy atom. The molecule has 1 unspecified atom stereocenters. The summed E-state index contributed by atoms with van der Waals surface area (Å²) in [4.78, 5) is 41.0. The Morgan fingerprint density at radius 1 is 1.28 bits per heavy atom. The first-order chi connectivity index (χ1) is 13.3. The summed E-state index contributed by atoms with van der Waals surface area (Å²) in [7, 11) is 3.51. The number of hydrogen-bond acceptors (Lipinski definition) is 5. The Bertz CT molecular complexity index is 639. The van der Waals surface area contributed by atoms with E-state index in [1.54, 1.807) is 13.1 Å². The molecule has 1 saturated heterocycles. The number of carbonyl (C=O) groups is 3. The van der Waals surface area contributed by atoms with E-state index >= 15 is 0 Å². The van der Waals surface area contributed by atoms with Crippen LogP contribution in [0.25, 0.3) is 0 Å². The zero-order valence-corrected chi connectivity index (χ0v) is 19.0. The van der Waals surface area contributed by atoms with Crippen LogP contribution in [-0.4, -0.2) is 84.7 Å². The summed E-state index contributed by atoms with van der Waals surface area (Å²) in [6.45, 7) is 12.6. The van der Waals surface area contributed by atoms with Gasteiger partial charge in [0.1, 0.15) is 12.1 Å². The van der Waals surface area contributed by atoms with Crippen molar-refractivity contribution in [3.8, 4) is 0 Å². The molecule has 3 atom stereocenters. The van der Waals surface area contributed by atoms with E-state index in [-0.39, 0.29) is 23.3 Å². The van der Waals surface area contributed by atoms with Gasteiger partial charge >= 0.3 is 5.97 Å². The second kappa shape index (κ2) is 10.2. The van der Waals surface area contributed by atoms with E-state index < -0.39 is 29.5 Å². The molecule has 0 aliphatic carbocycles. The Labute approximate surface area is 174 Å². The molecule has 2 amide bonds. The number of amides is 2. The van der Waals surface area contributed by atoms with E-state index in [1.165, 1.54) is 11.8 Å². The maximum Gasteiger partial charge on any atom is 0.331 e. The summed E-state index contributed by atoms with van der Waals surface area (Å²) in [5.41, 5.74) is -0.344. The van der Waals surface area contributed by atoms with Gasteiger partial charge < -0.3 is 20.1 Å². The van der Waals surface area contributed by atoms with E-state index in [1.807, 2.05) is 46.6 Å². The molecule has 166 valence electrons. The van der Waals surface area contributed by atoms with Crippen molar-refractivity contribution in [2.75, 3.05) is 33.9 Å². The van der Waals surface area contributed by atoms with E-state index in [2.05, 4.69) is 5.32 Å². The summed E-state index contributed by atoms with van der Waals surface area (Å²) < 4.78 is 5.42. The molecule has 2 N–H and O–H groups in total. The number of ether oxygens (including phenoxy) is 1. The molecular weight excluding hydrogens is 374 g/mol. The Hall–Kier alpha value is -1.93. The van der Waals surface area contributed by atoms with Gasteiger partial charge in [0.05, 0.1) is 19.3 Å². The lowest BCUT2D eigenvalue weighted by atomic mass is 9.85. The lowest BCUT2D eigenvalue weighted by molar-refractivity contribution is -0.143. The Balaban J connectivity index is 3.10. The van der Waals surface area contributed by atoms with Crippen LogP contribution in [0.5, 0.6) is 0 Å². The van der Waals surface area contributed by atoms with Gasteiger partial charge in [-0.05, 0) is 25.3 Å². The smallest absolute Gasteiger partial charge is 0.331 e. The number of aliphatic carboxylic acids is 1. The molecule has 0 aromatic carbocycles. The van der Waals surface area contributed by atoms with Gasteiger partial charge in [-0.2, -0.15) is 0 Å². The van der Waals surface area contributed by atoms with Crippen LogP contribution in [0.2, 0.25) is 0 Å². The number of carboxylic acid groups (broad SMARTS) is 1. The van der Waals surface area contributed by atoms with Crippen molar-refractivity contribution in [1.82, 2.24) is 15.1 Å². The topological polar surface area (TPSA) is 99.2 Å². The predicted octanol–water partition coefficient (Wildman–Crippen LogP) is 1.36. The van der Waals surface area contributed by atoms with E-state index in [0.29, 0.717) is 19.8 Å². The number of rotatable bonds is 7. The first-order valence-corrected chi connectivity index (χ1v) is 10.0. The average molecular weight is 412 g/mol. The van der Waals surface area contributed by atoms with Gasteiger partial charge in [-0.1, -0.05) is 40.7 Å². The van der Waals surface area contributed by atoms with Crippen molar-refractivity contribution in [3.05, 3.63) is 11.6 Å². The minimum absolute atomic E-state index is 0.00690. The van der Waals surface area contributed by atoms with Crippen LogP contribution in [0, 0.1) is 11.3 Å². The van der Waals surface area contributed by atoms with Crippen LogP contribution >= 0.6 is 0 Å². The Kier molecular flexibility index (Phi) is 8.84. The van der Waals surface area contributed by atoms with Gasteiger partial charge in [-0.25, -0.2) is 4.79 Å². The first-order valence-electron chi connectivity index (χ1n) is 10.0. The van der Waals surface area contributed by atoms with Crippen LogP contribution in [0.1, 0.15) is 41.5 Å². The molecule has 0 bridgehead atoms. The minimum Gasteiger partial charge on any atom is -0.478 e. The highest BCUT2D eigenvalue weighted by atomic mass is 16.5. The van der Waals surface area contributed by atoms with Crippen molar-refractivity contribution in [1.29, 1.82) is 0 Å². The standard InChI is InChI=1S/C21H37N3O5/c1-13(2)15(11-14(3)20(27)28)24(8)19(26)17(21(4,5)6)22-18(25)16-12-29-10-9-23(16)7/h11,13,15-17H,9-10,12H2,1-8H3,(H,22,25)(H,27,28)/b14-11+/t15-,16?,17-/m1/s1. The normalized spacial score (nSPS) is 20.9. The molecule has 1 fully saturated rings. The summed E-state index contributed by atoms with van der Waals surface area (Å²) in [6, 6.07) is -1.60. The van der Waals surface area contributed by atoms with Crippen LogP contribution in [-0.2, 0) is 19.1 Å². The number of hydrogen-bond donors (Lipinski definition) is 2. The van der Waals surface area contributed by atoms with Gasteiger partial charge in [0.2, 0.25) is 11.8 Å². The van der Waals surface area contributed by atoms with E-state index in [4.69, 9.17) is 4.74 Å². The zero-order valence-electron chi connectivity index (χ0n) is 19.0. The predicted molar refractivity (Wildman–Crippen MR) is 111 cm³/mol. The summed E-state index contributed by atoms with van der Waals surface area (Å²) in [5, 5.41) is 12.1. The molecule has 1 rings (SSSR count). The van der Waals surface area contributed by atoms with Crippen molar-refractivity contribution < 1.29 is 24.2 Å². The van der Waals surface area contributed by atoms with Crippen LogP contribution in [0.3, 0.4) is 0 Å².